The molecule has 3 aliphatic rings. The maximum absolute atomic E-state index is 13.1. The van der Waals surface area contributed by atoms with Crippen molar-refractivity contribution in [1.82, 2.24) is 4.90 Å². The molecule has 1 saturated heterocycles. The molecule has 0 unspecified atom stereocenters. The van der Waals surface area contributed by atoms with Crippen LogP contribution in [-0.4, -0.2) is 56.4 Å². The van der Waals surface area contributed by atoms with E-state index in [1.165, 1.54) is 17.7 Å². The minimum absolute atomic E-state index is 0.0533. The summed E-state index contributed by atoms with van der Waals surface area (Å²) in [5.41, 5.74) is 3.77. The van der Waals surface area contributed by atoms with Gasteiger partial charge in [-0.05, 0) is 55.3 Å². The lowest BCUT2D eigenvalue weighted by molar-refractivity contribution is 0.0971. The molecule has 0 N–H and O–H groups in total. The zero-order valence-corrected chi connectivity index (χ0v) is 16.5. The van der Waals surface area contributed by atoms with Gasteiger partial charge in [-0.15, -0.1) is 0 Å². The summed E-state index contributed by atoms with van der Waals surface area (Å²) in [4.78, 5) is 18.8. The monoisotopic (exact) mass is 396 g/mol. The quantitative estimate of drug-likeness (QED) is 0.716. The Kier molecular flexibility index (Phi) is 3.97. The van der Waals surface area contributed by atoms with Crippen molar-refractivity contribution in [3.63, 3.8) is 0 Å². The molecular weight excluding hydrogens is 365 g/mol. The summed E-state index contributed by atoms with van der Waals surface area (Å²) in [6.07, 6.45) is 2.27. The Hall–Kier alpha value is -2.40. The van der Waals surface area contributed by atoms with Crippen molar-refractivity contribution in [2.45, 2.75) is 31.2 Å². The molecule has 3 heterocycles. The zero-order valence-electron chi connectivity index (χ0n) is 19.5. The first-order valence-corrected chi connectivity index (χ1v) is 10.5. The number of rotatable bonds is 5. The zero-order chi connectivity index (χ0) is 22.5. The third-order valence-corrected chi connectivity index (χ3v) is 6.69. The lowest BCUT2D eigenvalue weighted by Gasteiger charge is -2.41. The van der Waals surface area contributed by atoms with Crippen molar-refractivity contribution < 1.29 is 13.3 Å². The molecule has 5 heteroatoms. The summed E-state index contributed by atoms with van der Waals surface area (Å²) < 4.78 is 36.8. The van der Waals surface area contributed by atoms with Crippen LogP contribution in [-0.2, 0) is 0 Å². The van der Waals surface area contributed by atoms with Gasteiger partial charge in [0.15, 0.2) is 5.78 Å². The van der Waals surface area contributed by atoms with E-state index in [-0.39, 0.29) is 11.6 Å². The van der Waals surface area contributed by atoms with Crippen LogP contribution >= 0.6 is 0 Å². The van der Waals surface area contributed by atoms with E-state index in [9.17, 15) is 9.18 Å². The number of hydrogen-bond acceptors (Lipinski definition) is 4. The largest absolute Gasteiger partial charge is 0.371 e. The Morgan fingerprint density at radius 1 is 1.17 bits per heavy atom. The number of nitrogens with zero attached hydrogens (tertiary/aromatic N) is 3. The molecule has 1 fully saturated rings. The number of piperidine rings is 1. The second-order valence-electron chi connectivity index (χ2n) is 8.36. The van der Waals surface area contributed by atoms with Gasteiger partial charge in [-0.2, -0.15) is 0 Å². The number of carbonyl (C=O) groups is 1. The van der Waals surface area contributed by atoms with Gasteiger partial charge in [0.1, 0.15) is 5.82 Å². The first-order chi connectivity index (χ1) is 15.3. The van der Waals surface area contributed by atoms with Crippen LogP contribution in [0.1, 0.15) is 45.2 Å². The van der Waals surface area contributed by atoms with Crippen LogP contribution in [0.25, 0.3) is 0 Å². The van der Waals surface area contributed by atoms with E-state index in [0.29, 0.717) is 30.5 Å². The van der Waals surface area contributed by atoms with E-state index in [4.69, 9.17) is 4.11 Å². The second kappa shape index (κ2) is 7.45. The van der Waals surface area contributed by atoms with Gasteiger partial charge in [-0.25, -0.2) is 4.39 Å². The van der Waals surface area contributed by atoms with E-state index < -0.39 is 6.98 Å². The molecule has 2 atom stereocenters. The molecule has 29 heavy (non-hydrogen) atoms. The smallest absolute Gasteiger partial charge is 0.162 e. The van der Waals surface area contributed by atoms with Gasteiger partial charge in [-0.1, -0.05) is 12.1 Å². The number of Topliss-reactive ketones (excluding diaryl/α,β-unsaturated/α-hetero) is 1. The number of hydrogen-bond donors (Lipinski definition) is 0. The Bertz CT molecular complexity index is 1010. The highest BCUT2D eigenvalue weighted by Gasteiger charge is 2.44. The molecular formula is C24H28FN3O. The molecule has 5 rings (SSSR count). The van der Waals surface area contributed by atoms with E-state index in [0.717, 1.165) is 50.4 Å². The van der Waals surface area contributed by atoms with E-state index in [2.05, 4.69) is 15.9 Å². The standard InChI is InChI=1S/C24H28FN3O/c1-26-14-15-28-21-11-13-27(16-20(21)19-4-2-5-22(26)24(19)28)12-3-6-23(29)17-7-9-18(25)10-8-17/h2,4-5,7-10,20-21H,3,6,11-16H2,1H3/t20-,21-/m0/s1/i1D3. The third-order valence-electron chi connectivity index (χ3n) is 6.69. The van der Waals surface area contributed by atoms with Gasteiger partial charge in [0.25, 0.3) is 0 Å². The predicted molar refractivity (Wildman–Crippen MR) is 115 cm³/mol. The second-order valence-corrected chi connectivity index (χ2v) is 8.36. The van der Waals surface area contributed by atoms with E-state index >= 15 is 0 Å². The molecule has 0 aliphatic carbocycles. The lowest BCUT2D eigenvalue weighted by atomic mass is 9.89. The highest BCUT2D eigenvalue weighted by molar-refractivity contribution is 5.95. The van der Waals surface area contributed by atoms with Crippen molar-refractivity contribution >= 4 is 17.2 Å². The molecule has 2 aromatic rings. The van der Waals surface area contributed by atoms with Gasteiger partial charge in [0.05, 0.1) is 11.4 Å². The number of halogens is 1. The Labute approximate surface area is 176 Å². The number of likely N-dealkylation sites (N-methyl/N-ethyl adjacent to an activating group) is 1. The minimum Gasteiger partial charge on any atom is -0.371 e. The van der Waals surface area contributed by atoms with Crippen molar-refractivity contribution in [3.05, 3.63) is 59.4 Å². The molecule has 0 bridgehead atoms. The van der Waals surface area contributed by atoms with Gasteiger partial charge in [0, 0.05) is 61.2 Å². The summed E-state index contributed by atoms with van der Waals surface area (Å²) in [7, 11) is 0. The summed E-state index contributed by atoms with van der Waals surface area (Å²) in [5, 5.41) is 0. The van der Waals surface area contributed by atoms with Crippen LogP contribution in [0.4, 0.5) is 15.8 Å². The fourth-order valence-electron chi connectivity index (χ4n) is 5.28. The minimum atomic E-state index is -2.13. The molecule has 3 aliphatic heterocycles. The predicted octanol–water partition coefficient (Wildman–Crippen LogP) is 3.92. The van der Waals surface area contributed by atoms with Crippen molar-refractivity contribution in [2.75, 3.05) is 49.5 Å². The van der Waals surface area contributed by atoms with Crippen LogP contribution in [0.15, 0.2) is 42.5 Å². The van der Waals surface area contributed by atoms with Gasteiger partial charge in [0.2, 0.25) is 0 Å². The Morgan fingerprint density at radius 3 is 2.86 bits per heavy atom. The number of likely N-dealkylation sites (tertiary alicyclic amines) is 1. The Balaban J connectivity index is 1.25. The number of fused-ring (bicyclic) bond motifs is 3. The van der Waals surface area contributed by atoms with Crippen LogP contribution in [0.3, 0.4) is 0 Å². The highest BCUT2D eigenvalue weighted by Crippen LogP contribution is 2.50. The number of benzene rings is 2. The van der Waals surface area contributed by atoms with E-state index in [1.807, 2.05) is 12.1 Å². The summed E-state index contributed by atoms with van der Waals surface area (Å²) in [5.74, 6) is 0.0880. The van der Waals surface area contributed by atoms with Crippen molar-refractivity contribution in [3.8, 4) is 0 Å². The van der Waals surface area contributed by atoms with Crippen molar-refractivity contribution in [2.24, 2.45) is 0 Å². The topological polar surface area (TPSA) is 26.8 Å². The molecule has 2 aromatic carbocycles. The summed E-state index contributed by atoms with van der Waals surface area (Å²) >= 11 is 0. The fraction of sp³-hybridized carbons (Fsp3) is 0.458. The molecule has 0 amide bonds. The van der Waals surface area contributed by atoms with Crippen LogP contribution in [0, 0.1) is 5.82 Å². The number of ketones is 1. The maximum Gasteiger partial charge on any atom is 0.162 e. The van der Waals surface area contributed by atoms with Gasteiger partial charge in [-0.3, -0.25) is 4.79 Å². The number of carbonyl (C=O) groups excluding carboxylic acids is 1. The number of para-hydroxylation sites is 1. The highest BCUT2D eigenvalue weighted by atomic mass is 19.1. The van der Waals surface area contributed by atoms with Crippen LogP contribution < -0.4 is 9.80 Å². The molecule has 0 saturated carbocycles. The molecule has 0 spiro atoms. The average Bonchev–Trinajstić information content (AvgIpc) is 3.09. The van der Waals surface area contributed by atoms with Crippen molar-refractivity contribution in [1.29, 1.82) is 0 Å². The Morgan fingerprint density at radius 2 is 2.03 bits per heavy atom. The average molecular weight is 397 g/mol. The molecule has 0 aromatic heterocycles. The number of anilines is 2. The molecule has 0 radical (unpaired) electrons. The van der Waals surface area contributed by atoms with Crippen LogP contribution in [0.2, 0.25) is 0 Å². The normalized spacial score (nSPS) is 25.1. The maximum atomic E-state index is 13.1. The fourth-order valence-corrected chi connectivity index (χ4v) is 5.28. The first kappa shape index (κ1) is 15.4. The van der Waals surface area contributed by atoms with E-state index in [1.54, 1.807) is 17.0 Å². The van der Waals surface area contributed by atoms with Gasteiger partial charge < -0.3 is 14.7 Å². The first-order valence-electron chi connectivity index (χ1n) is 12.0. The van der Waals surface area contributed by atoms with Crippen LogP contribution in [0.5, 0.6) is 0 Å². The molecule has 152 valence electrons. The van der Waals surface area contributed by atoms with Gasteiger partial charge >= 0.3 is 0 Å². The lowest BCUT2D eigenvalue weighted by Crippen LogP contribution is -2.49. The SMILES string of the molecule is [2H]C([2H])([2H])N1CCN2c3c(cccc31)[C@@H]1CN(CCCC(=O)c3ccc(F)cc3)CC[C@@H]12. The molecule has 4 nitrogen and oxygen atoms in total. The summed E-state index contributed by atoms with van der Waals surface area (Å²) in [6.45, 7) is 1.90. The summed E-state index contributed by atoms with van der Waals surface area (Å²) in [6, 6.07) is 12.3. The third kappa shape index (κ3) is 3.31.